The van der Waals surface area contributed by atoms with Crippen LogP contribution in [0.25, 0.3) is 0 Å². The number of benzene rings is 1. The average Bonchev–Trinajstić information content (AvgIpc) is 2.33. The summed E-state index contributed by atoms with van der Waals surface area (Å²) in [6.07, 6.45) is 0. The quantitative estimate of drug-likeness (QED) is 0.760. The minimum absolute atomic E-state index is 0.0129. The lowest BCUT2D eigenvalue weighted by Crippen LogP contribution is -2.41. The largest absolute Gasteiger partial charge is 0.399 e. The van der Waals surface area contributed by atoms with Crippen molar-refractivity contribution in [3.05, 3.63) is 29.8 Å². The second kappa shape index (κ2) is 7.01. The molecule has 0 heterocycles. The molecule has 1 unspecified atom stereocenters. The minimum Gasteiger partial charge on any atom is -0.399 e. The van der Waals surface area contributed by atoms with Crippen molar-refractivity contribution in [1.29, 1.82) is 0 Å². The van der Waals surface area contributed by atoms with Gasteiger partial charge in [0.1, 0.15) is 0 Å². The molecule has 0 fully saturated rings. The van der Waals surface area contributed by atoms with Crippen molar-refractivity contribution in [3.63, 3.8) is 0 Å². The van der Waals surface area contributed by atoms with Crippen LogP contribution in [0.5, 0.6) is 0 Å². The fourth-order valence-corrected chi connectivity index (χ4v) is 1.58. The number of nitrogens with two attached hydrogens (primary N) is 1. The minimum atomic E-state index is -0.110. The SMILES string of the molecule is CCOCC(NC(=O)c1cccc(N)c1)C(C)C. The Morgan fingerprint density at radius 1 is 1.44 bits per heavy atom. The van der Waals surface area contributed by atoms with Gasteiger partial charge in [-0.15, -0.1) is 0 Å². The predicted molar refractivity (Wildman–Crippen MR) is 73.4 cm³/mol. The van der Waals surface area contributed by atoms with Crippen molar-refractivity contribution in [2.24, 2.45) is 5.92 Å². The van der Waals surface area contributed by atoms with Crippen molar-refractivity contribution in [3.8, 4) is 0 Å². The Morgan fingerprint density at radius 3 is 2.72 bits per heavy atom. The van der Waals surface area contributed by atoms with Crippen molar-refractivity contribution < 1.29 is 9.53 Å². The van der Waals surface area contributed by atoms with Crippen LogP contribution in [0.3, 0.4) is 0 Å². The van der Waals surface area contributed by atoms with Gasteiger partial charge in [-0.05, 0) is 31.0 Å². The Balaban J connectivity index is 2.66. The van der Waals surface area contributed by atoms with Crippen LogP contribution in [0, 0.1) is 5.92 Å². The van der Waals surface area contributed by atoms with Gasteiger partial charge in [0.05, 0.1) is 12.6 Å². The highest BCUT2D eigenvalue weighted by Crippen LogP contribution is 2.08. The smallest absolute Gasteiger partial charge is 0.251 e. The number of nitrogens with one attached hydrogen (secondary N) is 1. The van der Waals surface area contributed by atoms with E-state index >= 15 is 0 Å². The molecule has 18 heavy (non-hydrogen) atoms. The molecular formula is C14H22N2O2. The Labute approximate surface area is 109 Å². The van der Waals surface area contributed by atoms with E-state index in [1.165, 1.54) is 0 Å². The van der Waals surface area contributed by atoms with Crippen molar-refractivity contribution in [2.45, 2.75) is 26.8 Å². The van der Waals surface area contributed by atoms with Gasteiger partial charge < -0.3 is 15.8 Å². The van der Waals surface area contributed by atoms with Crippen LogP contribution in [-0.4, -0.2) is 25.2 Å². The van der Waals surface area contributed by atoms with Gasteiger partial charge in [-0.2, -0.15) is 0 Å². The number of nitrogen functional groups attached to an aromatic ring is 1. The summed E-state index contributed by atoms with van der Waals surface area (Å²) in [5, 5.41) is 2.98. The first-order valence-corrected chi connectivity index (χ1v) is 6.28. The first-order chi connectivity index (χ1) is 8.54. The molecule has 1 aromatic carbocycles. The van der Waals surface area contributed by atoms with E-state index in [2.05, 4.69) is 19.2 Å². The van der Waals surface area contributed by atoms with Gasteiger partial charge >= 0.3 is 0 Å². The molecule has 0 saturated carbocycles. The van der Waals surface area contributed by atoms with Crippen LogP contribution in [0.2, 0.25) is 0 Å². The summed E-state index contributed by atoms with van der Waals surface area (Å²) < 4.78 is 5.38. The molecule has 0 aromatic heterocycles. The predicted octanol–water partition coefficient (Wildman–Crippen LogP) is 2.06. The van der Waals surface area contributed by atoms with Crippen molar-refractivity contribution in [2.75, 3.05) is 18.9 Å². The highest BCUT2D eigenvalue weighted by atomic mass is 16.5. The summed E-state index contributed by atoms with van der Waals surface area (Å²) in [6, 6.07) is 6.98. The first-order valence-electron chi connectivity index (χ1n) is 6.28. The lowest BCUT2D eigenvalue weighted by Gasteiger charge is -2.22. The van der Waals surface area contributed by atoms with Crippen molar-refractivity contribution >= 4 is 11.6 Å². The van der Waals surface area contributed by atoms with E-state index in [4.69, 9.17) is 10.5 Å². The molecule has 0 aliphatic rings. The van der Waals surface area contributed by atoms with Gasteiger partial charge in [0.2, 0.25) is 0 Å². The zero-order chi connectivity index (χ0) is 13.5. The second-order valence-electron chi connectivity index (χ2n) is 4.61. The van der Waals surface area contributed by atoms with E-state index < -0.39 is 0 Å². The summed E-state index contributed by atoms with van der Waals surface area (Å²) in [7, 11) is 0. The molecular weight excluding hydrogens is 228 g/mol. The van der Waals surface area contributed by atoms with Crippen LogP contribution in [0.1, 0.15) is 31.1 Å². The van der Waals surface area contributed by atoms with Gasteiger partial charge in [0.15, 0.2) is 0 Å². The number of carbonyl (C=O) groups excluding carboxylic acids is 1. The molecule has 3 N–H and O–H groups in total. The average molecular weight is 250 g/mol. The second-order valence-corrected chi connectivity index (χ2v) is 4.61. The molecule has 0 radical (unpaired) electrons. The standard InChI is InChI=1S/C14H22N2O2/c1-4-18-9-13(10(2)3)16-14(17)11-6-5-7-12(15)8-11/h5-8,10,13H,4,9,15H2,1-3H3,(H,16,17). The van der Waals surface area contributed by atoms with Crippen LogP contribution < -0.4 is 11.1 Å². The van der Waals surface area contributed by atoms with E-state index in [9.17, 15) is 4.79 Å². The number of amides is 1. The fraction of sp³-hybridized carbons (Fsp3) is 0.500. The highest BCUT2D eigenvalue weighted by Gasteiger charge is 2.17. The molecule has 0 aliphatic heterocycles. The summed E-state index contributed by atoms with van der Waals surface area (Å²) in [5.74, 6) is 0.210. The zero-order valence-corrected chi connectivity index (χ0v) is 11.3. The van der Waals surface area contributed by atoms with Gasteiger partial charge in [-0.3, -0.25) is 4.79 Å². The lowest BCUT2D eigenvalue weighted by molar-refractivity contribution is 0.0806. The van der Waals surface area contributed by atoms with Crippen LogP contribution >= 0.6 is 0 Å². The Kier molecular flexibility index (Phi) is 5.65. The molecule has 1 aromatic rings. The highest BCUT2D eigenvalue weighted by molar-refractivity contribution is 5.95. The molecule has 1 atom stereocenters. The molecule has 0 aliphatic carbocycles. The van der Waals surface area contributed by atoms with Crippen molar-refractivity contribution in [1.82, 2.24) is 5.32 Å². The zero-order valence-electron chi connectivity index (χ0n) is 11.3. The van der Waals surface area contributed by atoms with Crippen LogP contribution in [0.4, 0.5) is 5.69 Å². The summed E-state index contributed by atoms with van der Waals surface area (Å²) in [6.45, 7) is 7.24. The number of hydrogen-bond acceptors (Lipinski definition) is 3. The van der Waals surface area contributed by atoms with E-state index in [-0.39, 0.29) is 11.9 Å². The van der Waals surface area contributed by atoms with Crippen LogP contribution in [-0.2, 0) is 4.74 Å². The Bertz CT molecular complexity index is 391. The molecule has 0 saturated heterocycles. The lowest BCUT2D eigenvalue weighted by atomic mass is 10.0. The topological polar surface area (TPSA) is 64.3 Å². The molecule has 1 rings (SSSR count). The maximum Gasteiger partial charge on any atom is 0.251 e. The summed E-state index contributed by atoms with van der Waals surface area (Å²) in [5.41, 5.74) is 6.83. The molecule has 1 amide bonds. The Morgan fingerprint density at radius 2 is 2.17 bits per heavy atom. The molecule has 0 spiro atoms. The number of hydrogen-bond donors (Lipinski definition) is 2. The third-order valence-corrected chi connectivity index (χ3v) is 2.77. The third kappa shape index (κ3) is 4.37. The maximum atomic E-state index is 12.1. The van der Waals surface area contributed by atoms with E-state index in [0.29, 0.717) is 30.4 Å². The van der Waals surface area contributed by atoms with E-state index in [1.54, 1.807) is 24.3 Å². The number of rotatable bonds is 6. The monoisotopic (exact) mass is 250 g/mol. The van der Waals surface area contributed by atoms with E-state index in [0.717, 1.165) is 0 Å². The third-order valence-electron chi connectivity index (χ3n) is 2.77. The normalized spacial score (nSPS) is 12.4. The van der Waals surface area contributed by atoms with Gasteiger partial charge in [-0.25, -0.2) is 0 Å². The number of carbonyl (C=O) groups is 1. The Hall–Kier alpha value is -1.55. The fourth-order valence-electron chi connectivity index (χ4n) is 1.58. The molecule has 4 nitrogen and oxygen atoms in total. The van der Waals surface area contributed by atoms with E-state index in [1.807, 2.05) is 6.92 Å². The van der Waals surface area contributed by atoms with Gasteiger partial charge in [0.25, 0.3) is 5.91 Å². The molecule has 4 heteroatoms. The summed E-state index contributed by atoms with van der Waals surface area (Å²) in [4.78, 5) is 12.1. The number of anilines is 1. The van der Waals surface area contributed by atoms with Gasteiger partial charge in [0, 0.05) is 17.9 Å². The first kappa shape index (κ1) is 14.5. The number of ether oxygens (including phenoxy) is 1. The maximum absolute atomic E-state index is 12.1. The van der Waals surface area contributed by atoms with Crippen LogP contribution in [0.15, 0.2) is 24.3 Å². The molecule has 0 bridgehead atoms. The van der Waals surface area contributed by atoms with Gasteiger partial charge in [-0.1, -0.05) is 19.9 Å². The summed E-state index contributed by atoms with van der Waals surface area (Å²) >= 11 is 0. The molecule has 100 valence electrons.